The number of anilines is 1. The van der Waals surface area contributed by atoms with Crippen molar-refractivity contribution in [1.29, 1.82) is 5.26 Å². The Morgan fingerprint density at radius 2 is 2.03 bits per heavy atom. The van der Waals surface area contributed by atoms with Gasteiger partial charge in [-0.25, -0.2) is 14.8 Å². The van der Waals surface area contributed by atoms with Crippen LogP contribution in [-0.2, 0) is 24.0 Å². The number of aryl methyl sites for hydroxylation is 1. The Hall–Kier alpha value is -3.41. The molecule has 2 heterocycles. The third kappa shape index (κ3) is 4.58. The summed E-state index contributed by atoms with van der Waals surface area (Å²) in [5.41, 5.74) is 3.23. The average Bonchev–Trinajstić information content (AvgIpc) is 3.21. The molecule has 1 amide bonds. The van der Waals surface area contributed by atoms with Gasteiger partial charge in [-0.1, -0.05) is 29.2 Å². The lowest BCUT2D eigenvalue weighted by Crippen LogP contribution is -2.56. The summed E-state index contributed by atoms with van der Waals surface area (Å²) in [4.78, 5) is 40.0. The summed E-state index contributed by atoms with van der Waals surface area (Å²) in [6.07, 6.45) is 2.51. The van der Waals surface area contributed by atoms with Crippen molar-refractivity contribution in [3.05, 3.63) is 46.4 Å². The molecule has 1 aromatic heterocycles. The number of rotatable bonds is 2. The van der Waals surface area contributed by atoms with Gasteiger partial charge < -0.3 is 14.5 Å². The highest BCUT2D eigenvalue weighted by Gasteiger charge is 2.49. The predicted octanol–water partition coefficient (Wildman–Crippen LogP) is 2.83. The number of ketones is 1. The van der Waals surface area contributed by atoms with Gasteiger partial charge in [-0.2, -0.15) is 5.26 Å². The first-order chi connectivity index (χ1) is 17.5. The van der Waals surface area contributed by atoms with Crippen LogP contribution in [0.25, 0.3) is 0 Å². The topological polar surface area (TPSA) is 99.4 Å². The fourth-order valence-corrected chi connectivity index (χ4v) is 6.02. The summed E-state index contributed by atoms with van der Waals surface area (Å²) in [6, 6.07) is 7.80. The quantitative estimate of drug-likeness (QED) is 0.589. The fraction of sp³-hybridized carbons (Fsp3) is 0.536. The largest absolute Gasteiger partial charge is 0.444 e. The summed E-state index contributed by atoms with van der Waals surface area (Å²) in [5.74, 6) is 1.35. The van der Waals surface area contributed by atoms with Crippen molar-refractivity contribution in [3.8, 4) is 6.07 Å². The lowest BCUT2D eigenvalue weighted by atomic mass is 9.69. The molecule has 190 valence electrons. The molecule has 2 aromatic rings. The zero-order chi connectivity index (χ0) is 26.5. The van der Waals surface area contributed by atoms with E-state index in [2.05, 4.69) is 22.0 Å². The number of Topliss-reactive ketones (excluding diaryl/α,β-unsaturated/α-hetero) is 1. The van der Waals surface area contributed by atoms with E-state index in [1.165, 1.54) is 0 Å². The molecule has 3 aliphatic rings. The van der Waals surface area contributed by atoms with Crippen molar-refractivity contribution in [2.24, 2.45) is 5.41 Å². The molecule has 1 saturated heterocycles. The summed E-state index contributed by atoms with van der Waals surface area (Å²) in [5, 5.41) is 9.46. The Bertz CT molecular complexity index is 1310. The molecule has 0 bridgehead atoms. The van der Waals surface area contributed by atoms with Crippen molar-refractivity contribution in [2.45, 2.75) is 71.4 Å². The number of piperazine rings is 1. The molecule has 2 atom stereocenters. The number of nitrogens with zero attached hydrogens (tertiary/aromatic N) is 5. The summed E-state index contributed by atoms with van der Waals surface area (Å²) in [7, 11) is 6.25. The van der Waals surface area contributed by atoms with Crippen LogP contribution in [0.5, 0.6) is 0 Å². The first-order valence-electron chi connectivity index (χ1n) is 12.9. The molecule has 2 aliphatic carbocycles. The lowest BCUT2D eigenvalue weighted by Gasteiger charge is -2.42. The van der Waals surface area contributed by atoms with Crippen molar-refractivity contribution in [3.63, 3.8) is 0 Å². The highest BCUT2D eigenvalue weighted by molar-refractivity contribution is 6.33. The van der Waals surface area contributed by atoms with Gasteiger partial charge >= 0.3 is 6.09 Å². The fourth-order valence-electron chi connectivity index (χ4n) is 6.02. The minimum absolute atomic E-state index is 0.0667. The lowest BCUT2D eigenvalue weighted by molar-refractivity contribution is 0.0144. The van der Waals surface area contributed by atoms with Gasteiger partial charge in [0.05, 0.1) is 18.5 Å². The third-order valence-electron chi connectivity index (χ3n) is 7.74. The van der Waals surface area contributed by atoms with E-state index >= 15 is 0 Å². The van der Waals surface area contributed by atoms with Crippen LogP contribution in [0.1, 0.15) is 66.6 Å². The van der Waals surface area contributed by atoms with Gasteiger partial charge in [-0.3, -0.25) is 4.79 Å². The molecule has 1 spiro atoms. The molecular formula is C28H32BN5O3. The van der Waals surface area contributed by atoms with Crippen molar-refractivity contribution in [2.75, 3.05) is 24.5 Å². The molecular weight excluding hydrogens is 465 g/mol. The Morgan fingerprint density at radius 1 is 1.24 bits per heavy atom. The van der Waals surface area contributed by atoms with Crippen LogP contribution in [0.4, 0.5) is 10.6 Å². The third-order valence-corrected chi connectivity index (χ3v) is 7.74. The van der Waals surface area contributed by atoms with Crippen LogP contribution < -0.4 is 10.4 Å². The number of carbonyl (C=O) groups excluding carboxylic acids is 2. The SMILES string of the molecule is [B]c1cccc2c1CC1(CCc3c(nc(C)nc3N3CCN(C(=O)OC(C)(C)C)[C@@H](CC#N)C3)C1=O)C2. The highest BCUT2D eigenvalue weighted by atomic mass is 16.6. The number of nitriles is 1. The Kier molecular flexibility index (Phi) is 6.25. The maximum absolute atomic E-state index is 14.0. The molecule has 9 heteroatoms. The number of carbonyl (C=O) groups is 2. The van der Waals surface area contributed by atoms with Crippen molar-refractivity contribution >= 4 is 31.0 Å². The van der Waals surface area contributed by atoms with Crippen LogP contribution in [0.3, 0.4) is 0 Å². The van der Waals surface area contributed by atoms with Gasteiger partial charge in [0.15, 0.2) is 5.78 Å². The maximum Gasteiger partial charge on any atom is 0.410 e. The monoisotopic (exact) mass is 497 g/mol. The molecule has 37 heavy (non-hydrogen) atoms. The molecule has 1 fully saturated rings. The number of hydrogen-bond donors (Lipinski definition) is 0. The van der Waals surface area contributed by atoms with Gasteiger partial charge in [0, 0.05) is 30.6 Å². The van der Waals surface area contributed by atoms with Gasteiger partial charge in [-0.05, 0) is 58.9 Å². The first kappa shape index (κ1) is 25.3. The van der Waals surface area contributed by atoms with Crippen LogP contribution >= 0.6 is 0 Å². The molecule has 1 aliphatic heterocycles. The minimum Gasteiger partial charge on any atom is -0.444 e. The zero-order valence-corrected chi connectivity index (χ0v) is 22.0. The van der Waals surface area contributed by atoms with Gasteiger partial charge in [0.1, 0.15) is 30.8 Å². The normalized spacial score (nSPS) is 23.0. The molecule has 1 aromatic carbocycles. The number of ether oxygens (including phenoxy) is 1. The van der Waals surface area contributed by atoms with E-state index in [4.69, 9.17) is 17.6 Å². The van der Waals surface area contributed by atoms with E-state index in [0.29, 0.717) is 56.8 Å². The molecule has 5 rings (SSSR count). The predicted molar refractivity (Wildman–Crippen MR) is 140 cm³/mol. The Balaban J connectivity index is 1.43. The summed E-state index contributed by atoms with van der Waals surface area (Å²) < 4.78 is 5.59. The number of aromatic nitrogens is 2. The van der Waals surface area contributed by atoms with Crippen LogP contribution in [0, 0.1) is 23.7 Å². The molecule has 1 unspecified atom stereocenters. The van der Waals surface area contributed by atoms with Crippen LogP contribution in [0.2, 0.25) is 0 Å². The maximum atomic E-state index is 14.0. The van der Waals surface area contributed by atoms with Gasteiger partial charge in [0.25, 0.3) is 0 Å². The van der Waals surface area contributed by atoms with E-state index in [1.807, 2.05) is 39.8 Å². The standard InChI is InChI=1S/C28H32BN5O3/c1-17-31-23-20(8-10-28(24(23)35)14-18-6-5-7-22(29)21(18)15-28)25(32-17)33-12-13-34(19(16-33)9-11-30)26(36)37-27(2,3)4/h5-7,19H,8-10,12-16H2,1-4H3/t19-,28?/m0/s1. The van der Waals surface area contributed by atoms with Crippen LogP contribution in [0.15, 0.2) is 18.2 Å². The number of amides is 1. The number of fused-ring (bicyclic) bond motifs is 2. The zero-order valence-electron chi connectivity index (χ0n) is 22.0. The molecule has 0 N–H and O–H groups in total. The summed E-state index contributed by atoms with van der Waals surface area (Å²) >= 11 is 0. The second-order valence-corrected chi connectivity index (χ2v) is 11.5. The van der Waals surface area contributed by atoms with E-state index in [9.17, 15) is 14.9 Å². The second-order valence-electron chi connectivity index (χ2n) is 11.5. The average molecular weight is 497 g/mol. The van der Waals surface area contributed by atoms with E-state index in [0.717, 1.165) is 28.0 Å². The molecule has 0 saturated carbocycles. The smallest absolute Gasteiger partial charge is 0.410 e. The van der Waals surface area contributed by atoms with Gasteiger partial charge in [0.2, 0.25) is 0 Å². The Morgan fingerprint density at radius 3 is 2.73 bits per heavy atom. The number of benzene rings is 1. The minimum atomic E-state index is -0.616. The van der Waals surface area contributed by atoms with Crippen LogP contribution in [-0.4, -0.2) is 65.9 Å². The molecule has 8 nitrogen and oxygen atoms in total. The van der Waals surface area contributed by atoms with E-state index < -0.39 is 17.1 Å². The van der Waals surface area contributed by atoms with Crippen molar-refractivity contribution < 1.29 is 14.3 Å². The highest BCUT2D eigenvalue weighted by Crippen LogP contribution is 2.46. The second kappa shape index (κ2) is 9.16. The van der Waals surface area contributed by atoms with E-state index in [-0.39, 0.29) is 18.2 Å². The molecule has 2 radical (unpaired) electrons. The van der Waals surface area contributed by atoms with Crippen molar-refractivity contribution in [1.82, 2.24) is 14.9 Å². The number of hydrogen-bond acceptors (Lipinski definition) is 7. The van der Waals surface area contributed by atoms with Gasteiger partial charge in [-0.15, -0.1) is 0 Å². The Labute approximate surface area is 219 Å². The first-order valence-corrected chi connectivity index (χ1v) is 12.9. The summed E-state index contributed by atoms with van der Waals surface area (Å²) in [6.45, 7) is 8.68. The van der Waals surface area contributed by atoms with E-state index in [1.54, 1.807) is 4.90 Å².